The van der Waals surface area contributed by atoms with E-state index in [2.05, 4.69) is 21.2 Å². The van der Waals surface area contributed by atoms with Gasteiger partial charge in [-0.1, -0.05) is 24.3 Å². The van der Waals surface area contributed by atoms with Crippen molar-refractivity contribution < 1.29 is 23.5 Å². The van der Waals surface area contributed by atoms with Crippen molar-refractivity contribution in [3.63, 3.8) is 0 Å². The third kappa shape index (κ3) is 6.19. The standard InChI is InChI=1S/C18H17BrFNO4/c1-12-6-7-16(14(19)8-12)24-11-18(23)25-10-17(22)21-9-13-4-2-3-5-15(13)20/h2-8H,9-11H2,1H3,(H,21,22). The topological polar surface area (TPSA) is 64.6 Å². The Kier molecular flexibility index (Phi) is 6.94. The van der Waals surface area contributed by atoms with E-state index in [4.69, 9.17) is 9.47 Å². The summed E-state index contributed by atoms with van der Waals surface area (Å²) in [6.45, 7) is 1.19. The largest absolute Gasteiger partial charge is 0.481 e. The van der Waals surface area contributed by atoms with Crippen molar-refractivity contribution in [1.82, 2.24) is 5.32 Å². The van der Waals surface area contributed by atoms with Gasteiger partial charge in [-0.3, -0.25) is 4.79 Å². The zero-order valence-electron chi connectivity index (χ0n) is 13.6. The summed E-state index contributed by atoms with van der Waals surface area (Å²) in [5.41, 5.74) is 1.41. The number of hydrogen-bond donors (Lipinski definition) is 1. The van der Waals surface area contributed by atoms with Gasteiger partial charge < -0.3 is 14.8 Å². The van der Waals surface area contributed by atoms with E-state index >= 15 is 0 Å². The second kappa shape index (κ2) is 9.17. The van der Waals surface area contributed by atoms with Crippen molar-refractivity contribution in [1.29, 1.82) is 0 Å². The van der Waals surface area contributed by atoms with E-state index in [9.17, 15) is 14.0 Å². The zero-order valence-corrected chi connectivity index (χ0v) is 15.1. The van der Waals surface area contributed by atoms with Crippen LogP contribution in [-0.4, -0.2) is 25.1 Å². The Morgan fingerprint density at radius 3 is 2.64 bits per heavy atom. The molecule has 2 aromatic carbocycles. The predicted octanol–water partition coefficient (Wildman–Crippen LogP) is 3.14. The van der Waals surface area contributed by atoms with E-state index in [0.717, 1.165) is 10.0 Å². The number of aryl methyl sites for hydroxylation is 1. The Hall–Kier alpha value is -2.41. The first-order valence-corrected chi connectivity index (χ1v) is 8.29. The Bertz CT molecular complexity index is 766. The van der Waals surface area contributed by atoms with Crippen molar-refractivity contribution in [2.75, 3.05) is 13.2 Å². The monoisotopic (exact) mass is 409 g/mol. The molecule has 0 spiro atoms. The summed E-state index contributed by atoms with van der Waals surface area (Å²) < 4.78 is 24.3. The first kappa shape index (κ1) is 18.9. The maximum absolute atomic E-state index is 13.4. The summed E-state index contributed by atoms with van der Waals surface area (Å²) in [6, 6.07) is 11.5. The van der Waals surface area contributed by atoms with Crippen LogP contribution in [0.5, 0.6) is 5.75 Å². The highest BCUT2D eigenvalue weighted by atomic mass is 79.9. The minimum atomic E-state index is -0.673. The number of carbonyl (C=O) groups excluding carboxylic acids is 2. The molecular formula is C18H17BrFNO4. The summed E-state index contributed by atoms with van der Waals surface area (Å²) in [5.74, 6) is -1.09. The van der Waals surface area contributed by atoms with Crippen molar-refractivity contribution in [2.24, 2.45) is 0 Å². The van der Waals surface area contributed by atoms with Crippen LogP contribution in [0.2, 0.25) is 0 Å². The highest BCUT2D eigenvalue weighted by Crippen LogP contribution is 2.25. The highest BCUT2D eigenvalue weighted by molar-refractivity contribution is 9.10. The molecular weight excluding hydrogens is 393 g/mol. The zero-order chi connectivity index (χ0) is 18.2. The maximum Gasteiger partial charge on any atom is 0.344 e. The molecule has 2 aromatic rings. The smallest absolute Gasteiger partial charge is 0.344 e. The molecule has 25 heavy (non-hydrogen) atoms. The predicted molar refractivity (Wildman–Crippen MR) is 93.6 cm³/mol. The molecule has 0 aliphatic carbocycles. The molecule has 0 fully saturated rings. The third-order valence-electron chi connectivity index (χ3n) is 3.23. The maximum atomic E-state index is 13.4. The van der Waals surface area contributed by atoms with Crippen LogP contribution in [-0.2, 0) is 20.9 Å². The lowest BCUT2D eigenvalue weighted by Crippen LogP contribution is -2.29. The molecule has 0 aromatic heterocycles. The Labute approximate surface area is 153 Å². The molecule has 7 heteroatoms. The SMILES string of the molecule is Cc1ccc(OCC(=O)OCC(=O)NCc2ccccc2F)c(Br)c1. The molecule has 0 unspecified atom stereocenters. The van der Waals surface area contributed by atoms with Gasteiger partial charge in [0.2, 0.25) is 0 Å². The van der Waals surface area contributed by atoms with Crippen LogP contribution in [0.3, 0.4) is 0 Å². The molecule has 2 rings (SSSR count). The average molecular weight is 410 g/mol. The molecule has 0 saturated heterocycles. The van der Waals surface area contributed by atoms with Crippen molar-refractivity contribution in [3.8, 4) is 5.75 Å². The molecule has 5 nitrogen and oxygen atoms in total. The van der Waals surface area contributed by atoms with Gasteiger partial charge >= 0.3 is 5.97 Å². The van der Waals surface area contributed by atoms with Crippen LogP contribution in [0.1, 0.15) is 11.1 Å². The second-order valence-corrected chi connectivity index (χ2v) is 6.11. The fourth-order valence-electron chi connectivity index (χ4n) is 1.93. The summed E-state index contributed by atoms with van der Waals surface area (Å²) in [4.78, 5) is 23.3. The van der Waals surface area contributed by atoms with Gasteiger partial charge in [-0.05, 0) is 46.6 Å². The van der Waals surface area contributed by atoms with Gasteiger partial charge in [0.15, 0.2) is 13.2 Å². The fraction of sp³-hybridized carbons (Fsp3) is 0.222. The van der Waals surface area contributed by atoms with Crippen LogP contribution in [0.25, 0.3) is 0 Å². The van der Waals surface area contributed by atoms with Gasteiger partial charge in [0.1, 0.15) is 11.6 Å². The lowest BCUT2D eigenvalue weighted by Gasteiger charge is -2.09. The number of nitrogens with one attached hydrogen (secondary N) is 1. The van der Waals surface area contributed by atoms with Gasteiger partial charge in [-0.15, -0.1) is 0 Å². The number of halogens is 2. The number of carbonyl (C=O) groups is 2. The molecule has 0 atom stereocenters. The number of ether oxygens (including phenoxy) is 2. The summed E-state index contributed by atoms with van der Waals surface area (Å²) in [5, 5.41) is 2.48. The number of amides is 1. The highest BCUT2D eigenvalue weighted by Gasteiger charge is 2.10. The van der Waals surface area contributed by atoms with E-state index in [1.807, 2.05) is 19.1 Å². The van der Waals surface area contributed by atoms with Crippen LogP contribution >= 0.6 is 15.9 Å². The molecule has 0 radical (unpaired) electrons. The first-order valence-electron chi connectivity index (χ1n) is 7.50. The minimum Gasteiger partial charge on any atom is -0.481 e. The van der Waals surface area contributed by atoms with Crippen LogP contribution in [0.15, 0.2) is 46.9 Å². The van der Waals surface area contributed by atoms with Crippen molar-refractivity contribution in [2.45, 2.75) is 13.5 Å². The molecule has 0 aliphatic rings. The lowest BCUT2D eigenvalue weighted by atomic mass is 10.2. The summed E-state index contributed by atoms with van der Waals surface area (Å²) in [6.07, 6.45) is 0. The quantitative estimate of drug-likeness (QED) is 0.713. The van der Waals surface area contributed by atoms with E-state index in [0.29, 0.717) is 11.3 Å². The van der Waals surface area contributed by atoms with Crippen molar-refractivity contribution in [3.05, 3.63) is 63.9 Å². The molecule has 132 valence electrons. The lowest BCUT2D eigenvalue weighted by molar-refractivity contribution is -0.150. The third-order valence-corrected chi connectivity index (χ3v) is 3.85. The fourth-order valence-corrected chi connectivity index (χ4v) is 2.54. The number of hydrogen-bond acceptors (Lipinski definition) is 4. The normalized spacial score (nSPS) is 10.2. The number of esters is 1. The number of benzene rings is 2. The molecule has 0 heterocycles. The Morgan fingerprint density at radius 1 is 1.16 bits per heavy atom. The second-order valence-electron chi connectivity index (χ2n) is 5.25. The molecule has 1 N–H and O–H groups in total. The van der Waals surface area contributed by atoms with Gasteiger partial charge in [0.25, 0.3) is 5.91 Å². The van der Waals surface area contributed by atoms with E-state index in [1.54, 1.807) is 24.3 Å². The molecule has 0 saturated carbocycles. The van der Waals surface area contributed by atoms with Crippen LogP contribution in [0.4, 0.5) is 4.39 Å². The molecule has 0 bridgehead atoms. The van der Waals surface area contributed by atoms with Crippen LogP contribution in [0, 0.1) is 12.7 Å². The van der Waals surface area contributed by atoms with E-state index < -0.39 is 24.3 Å². The summed E-state index contributed by atoms with van der Waals surface area (Å²) >= 11 is 3.34. The van der Waals surface area contributed by atoms with Gasteiger partial charge in [-0.2, -0.15) is 0 Å². The van der Waals surface area contributed by atoms with Crippen LogP contribution < -0.4 is 10.1 Å². The average Bonchev–Trinajstić information content (AvgIpc) is 2.58. The minimum absolute atomic E-state index is 0.0237. The molecule has 1 amide bonds. The van der Waals surface area contributed by atoms with Gasteiger partial charge in [0.05, 0.1) is 4.47 Å². The Balaban J connectivity index is 1.70. The van der Waals surface area contributed by atoms with E-state index in [-0.39, 0.29) is 13.2 Å². The summed E-state index contributed by atoms with van der Waals surface area (Å²) in [7, 11) is 0. The van der Waals surface area contributed by atoms with E-state index in [1.165, 1.54) is 6.07 Å². The van der Waals surface area contributed by atoms with Crippen molar-refractivity contribution >= 4 is 27.8 Å². The molecule has 0 aliphatic heterocycles. The van der Waals surface area contributed by atoms with Gasteiger partial charge in [0, 0.05) is 12.1 Å². The number of rotatable bonds is 7. The van der Waals surface area contributed by atoms with Gasteiger partial charge in [-0.25, -0.2) is 9.18 Å². The Morgan fingerprint density at radius 2 is 1.92 bits per heavy atom. The first-order chi connectivity index (χ1) is 12.0.